The summed E-state index contributed by atoms with van der Waals surface area (Å²) in [4.78, 5) is 11.7. The first-order chi connectivity index (χ1) is 9.15. The van der Waals surface area contributed by atoms with Crippen LogP contribution in [0.4, 0.5) is 15.8 Å². The number of anilines is 2. The molecule has 0 saturated carbocycles. The second kappa shape index (κ2) is 6.20. The van der Waals surface area contributed by atoms with E-state index < -0.39 is 5.82 Å². The van der Waals surface area contributed by atoms with E-state index in [0.717, 1.165) is 5.69 Å². The van der Waals surface area contributed by atoms with Gasteiger partial charge >= 0.3 is 0 Å². The average molecular weight is 279 g/mol. The minimum Gasteiger partial charge on any atom is -0.376 e. The van der Waals surface area contributed by atoms with Gasteiger partial charge in [-0.05, 0) is 30.3 Å². The van der Waals surface area contributed by atoms with Crippen molar-refractivity contribution in [3.8, 4) is 0 Å². The van der Waals surface area contributed by atoms with Crippen LogP contribution in [0.15, 0.2) is 48.5 Å². The van der Waals surface area contributed by atoms with Crippen molar-refractivity contribution < 1.29 is 9.18 Å². The third-order valence-electron chi connectivity index (χ3n) is 2.43. The van der Waals surface area contributed by atoms with Crippen molar-refractivity contribution >= 4 is 28.9 Å². The van der Waals surface area contributed by atoms with Gasteiger partial charge in [0.25, 0.3) is 0 Å². The Labute approximate surface area is 115 Å². The number of rotatable bonds is 4. The van der Waals surface area contributed by atoms with Crippen LogP contribution in [0.5, 0.6) is 0 Å². The summed E-state index contributed by atoms with van der Waals surface area (Å²) >= 11 is 5.86. The van der Waals surface area contributed by atoms with Crippen LogP contribution in [-0.2, 0) is 4.79 Å². The minimum absolute atomic E-state index is 0.0802. The first-order valence-electron chi connectivity index (χ1n) is 5.69. The second-order valence-corrected chi connectivity index (χ2v) is 4.30. The monoisotopic (exact) mass is 278 g/mol. The quantitative estimate of drug-likeness (QED) is 0.898. The SMILES string of the molecule is O=C(CNc1ccccc1)Nc1cc(F)ccc1Cl. The summed E-state index contributed by atoms with van der Waals surface area (Å²) in [5, 5.41) is 5.80. The van der Waals surface area contributed by atoms with E-state index in [-0.39, 0.29) is 18.1 Å². The fourth-order valence-electron chi connectivity index (χ4n) is 1.53. The molecule has 0 saturated heterocycles. The highest BCUT2D eigenvalue weighted by atomic mass is 35.5. The first kappa shape index (κ1) is 13.4. The molecule has 2 aromatic rings. The molecule has 5 heteroatoms. The lowest BCUT2D eigenvalue weighted by atomic mass is 10.3. The molecule has 0 heterocycles. The highest BCUT2D eigenvalue weighted by Crippen LogP contribution is 2.22. The molecular formula is C14H12ClFN2O. The Hall–Kier alpha value is -2.07. The van der Waals surface area contributed by atoms with Crippen LogP contribution < -0.4 is 10.6 Å². The molecule has 0 bridgehead atoms. The molecule has 19 heavy (non-hydrogen) atoms. The van der Waals surface area contributed by atoms with E-state index in [1.54, 1.807) is 0 Å². The molecule has 0 unspecified atom stereocenters. The van der Waals surface area contributed by atoms with E-state index in [4.69, 9.17) is 11.6 Å². The number of para-hydroxylation sites is 1. The number of carbonyl (C=O) groups is 1. The van der Waals surface area contributed by atoms with Crippen molar-refractivity contribution in [3.63, 3.8) is 0 Å². The molecule has 0 aromatic heterocycles. The van der Waals surface area contributed by atoms with Gasteiger partial charge in [-0.2, -0.15) is 0 Å². The predicted molar refractivity (Wildman–Crippen MR) is 75.0 cm³/mol. The Morgan fingerprint density at radius 1 is 1.16 bits per heavy atom. The Kier molecular flexibility index (Phi) is 4.36. The van der Waals surface area contributed by atoms with Crippen molar-refractivity contribution in [2.24, 2.45) is 0 Å². The molecule has 2 aromatic carbocycles. The molecule has 98 valence electrons. The first-order valence-corrected chi connectivity index (χ1v) is 6.07. The van der Waals surface area contributed by atoms with Crippen molar-refractivity contribution in [3.05, 3.63) is 59.4 Å². The summed E-state index contributed by atoms with van der Waals surface area (Å²) in [5.41, 5.74) is 1.10. The topological polar surface area (TPSA) is 41.1 Å². The summed E-state index contributed by atoms with van der Waals surface area (Å²) in [6.07, 6.45) is 0. The van der Waals surface area contributed by atoms with Gasteiger partial charge in [0.05, 0.1) is 17.3 Å². The molecule has 1 amide bonds. The molecule has 2 N–H and O–H groups in total. The van der Waals surface area contributed by atoms with Crippen molar-refractivity contribution in [2.45, 2.75) is 0 Å². The Morgan fingerprint density at radius 2 is 1.89 bits per heavy atom. The lowest BCUT2D eigenvalue weighted by molar-refractivity contribution is -0.114. The molecule has 0 aliphatic carbocycles. The number of hydrogen-bond acceptors (Lipinski definition) is 2. The molecule has 0 fully saturated rings. The summed E-state index contributed by atoms with van der Waals surface area (Å²) in [6.45, 7) is 0.0802. The number of nitrogens with one attached hydrogen (secondary N) is 2. The normalized spacial score (nSPS) is 10.0. The highest BCUT2D eigenvalue weighted by molar-refractivity contribution is 6.33. The smallest absolute Gasteiger partial charge is 0.243 e. The van der Waals surface area contributed by atoms with Crippen LogP contribution in [0, 0.1) is 5.82 Å². The van der Waals surface area contributed by atoms with Crippen LogP contribution in [0.3, 0.4) is 0 Å². The number of benzene rings is 2. The maximum atomic E-state index is 13.0. The predicted octanol–water partition coefficient (Wildman–Crippen LogP) is 3.53. The minimum atomic E-state index is -0.448. The van der Waals surface area contributed by atoms with Gasteiger partial charge in [-0.15, -0.1) is 0 Å². The van der Waals surface area contributed by atoms with Gasteiger partial charge in [-0.25, -0.2) is 4.39 Å². The lowest BCUT2D eigenvalue weighted by Gasteiger charge is -2.09. The fourth-order valence-corrected chi connectivity index (χ4v) is 1.69. The van der Waals surface area contributed by atoms with E-state index >= 15 is 0 Å². The number of hydrogen-bond donors (Lipinski definition) is 2. The summed E-state index contributed by atoms with van der Waals surface area (Å²) < 4.78 is 13.0. The molecule has 0 atom stereocenters. The number of amides is 1. The summed E-state index contributed by atoms with van der Waals surface area (Å²) in [7, 11) is 0. The van der Waals surface area contributed by atoms with Crippen molar-refractivity contribution in [2.75, 3.05) is 17.2 Å². The highest BCUT2D eigenvalue weighted by Gasteiger charge is 2.06. The van der Waals surface area contributed by atoms with Gasteiger partial charge < -0.3 is 10.6 Å². The zero-order valence-corrected chi connectivity index (χ0v) is 10.7. The van der Waals surface area contributed by atoms with Gasteiger partial charge in [0.15, 0.2) is 0 Å². The van der Waals surface area contributed by atoms with Crippen molar-refractivity contribution in [1.82, 2.24) is 0 Å². The third-order valence-corrected chi connectivity index (χ3v) is 2.76. The molecule has 3 nitrogen and oxygen atoms in total. The van der Waals surface area contributed by atoms with E-state index in [2.05, 4.69) is 10.6 Å². The van der Waals surface area contributed by atoms with Gasteiger partial charge in [0, 0.05) is 5.69 Å². The molecule has 0 radical (unpaired) electrons. The van der Waals surface area contributed by atoms with E-state index in [0.29, 0.717) is 5.02 Å². The van der Waals surface area contributed by atoms with Gasteiger partial charge in [-0.1, -0.05) is 29.8 Å². The van der Waals surface area contributed by atoms with Crippen LogP contribution >= 0.6 is 11.6 Å². The fraction of sp³-hybridized carbons (Fsp3) is 0.0714. The number of carbonyl (C=O) groups excluding carboxylic acids is 1. The molecule has 0 spiro atoms. The Balaban J connectivity index is 1.93. The maximum absolute atomic E-state index is 13.0. The van der Waals surface area contributed by atoms with Gasteiger partial charge in [0.2, 0.25) is 5.91 Å². The lowest BCUT2D eigenvalue weighted by Crippen LogP contribution is -2.21. The summed E-state index contributed by atoms with van der Waals surface area (Å²) in [5.74, 6) is -0.743. The molecule has 2 rings (SSSR count). The van der Waals surface area contributed by atoms with Gasteiger partial charge in [-0.3, -0.25) is 4.79 Å². The number of halogens is 2. The Bertz CT molecular complexity index is 575. The van der Waals surface area contributed by atoms with Crippen LogP contribution in [0.1, 0.15) is 0 Å². The zero-order chi connectivity index (χ0) is 13.7. The third kappa shape index (κ3) is 3.96. The molecule has 0 aliphatic heterocycles. The van der Waals surface area contributed by atoms with Crippen molar-refractivity contribution in [1.29, 1.82) is 0 Å². The van der Waals surface area contributed by atoms with Gasteiger partial charge in [0.1, 0.15) is 5.82 Å². The maximum Gasteiger partial charge on any atom is 0.243 e. The van der Waals surface area contributed by atoms with Crippen LogP contribution in [0.25, 0.3) is 0 Å². The van der Waals surface area contributed by atoms with Crippen LogP contribution in [0.2, 0.25) is 5.02 Å². The Morgan fingerprint density at radius 3 is 2.63 bits per heavy atom. The van der Waals surface area contributed by atoms with E-state index in [1.165, 1.54) is 18.2 Å². The van der Waals surface area contributed by atoms with Crippen LogP contribution in [-0.4, -0.2) is 12.5 Å². The second-order valence-electron chi connectivity index (χ2n) is 3.89. The average Bonchev–Trinajstić information content (AvgIpc) is 2.42. The van der Waals surface area contributed by atoms with E-state index in [9.17, 15) is 9.18 Å². The zero-order valence-electron chi connectivity index (χ0n) is 9.99. The standard InChI is InChI=1S/C14H12ClFN2O/c15-12-7-6-10(16)8-13(12)18-14(19)9-17-11-4-2-1-3-5-11/h1-8,17H,9H2,(H,18,19). The van der Waals surface area contributed by atoms with E-state index in [1.807, 2.05) is 30.3 Å². The molecule has 0 aliphatic rings. The molecular weight excluding hydrogens is 267 g/mol. The summed E-state index contributed by atoms with van der Waals surface area (Å²) in [6, 6.07) is 13.1. The largest absolute Gasteiger partial charge is 0.376 e.